The van der Waals surface area contributed by atoms with Crippen LogP contribution < -0.4 is 0 Å². The normalized spacial score (nSPS) is 12.9. The van der Waals surface area contributed by atoms with Gasteiger partial charge in [-0.1, -0.05) is 36.2 Å². The van der Waals surface area contributed by atoms with E-state index in [4.69, 9.17) is 9.29 Å². The molecule has 0 aliphatic rings. The fourth-order valence-electron chi connectivity index (χ4n) is 2.98. The Morgan fingerprint density at radius 3 is 2.23 bits per heavy atom. The highest BCUT2D eigenvalue weighted by molar-refractivity contribution is 7.85. The summed E-state index contributed by atoms with van der Waals surface area (Å²) in [6.07, 6.45) is -6.68. The van der Waals surface area contributed by atoms with Crippen molar-refractivity contribution in [1.82, 2.24) is 0 Å². The summed E-state index contributed by atoms with van der Waals surface area (Å²) in [5.74, 6) is -3.70. The second-order valence-electron chi connectivity index (χ2n) is 6.85. The Hall–Kier alpha value is -1.95. The van der Waals surface area contributed by atoms with Crippen molar-refractivity contribution in [1.29, 1.82) is 0 Å². The minimum absolute atomic E-state index is 0.114. The Bertz CT molecular complexity index is 892. The summed E-state index contributed by atoms with van der Waals surface area (Å²) < 4.78 is 77.6. The molecule has 0 saturated carbocycles. The van der Waals surface area contributed by atoms with Crippen molar-refractivity contribution < 1.29 is 45.2 Å². The molecular formula is C17H24B3F3O7S. The van der Waals surface area contributed by atoms with E-state index in [0.717, 1.165) is 29.3 Å². The van der Waals surface area contributed by atoms with Crippen molar-refractivity contribution in [2.45, 2.75) is 44.1 Å². The lowest BCUT2D eigenvalue weighted by atomic mass is 9.81. The Kier molecular flexibility index (Phi) is 10.1. The van der Waals surface area contributed by atoms with Gasteiger partial charge in [0.2, 0.25) is 6.10 Å². The van der Waals surface area contributed by atoms with E-state index in [1.807, 2.05) is 29.6 Å². The van der Waals surface area contributed by atoms with Crippen LogP contribution >= 0.6 is 0 Å². The number of hydrogen-bond donors (Lipinski definition) is 1. The van der Waals surface area contributed by atoms with Crippen LogP contribution in [0.15, 0.2) is 12.1 Å². The smallest absolute Gasteiger partial charge is 0.426 e. The number of rotatable bonds is 11. The number of alkyl halides is 3. The van der Waals surface area contributed by atoms with E-state index in [9.17, 15) is 31.2 Å². The number of esters is 2. The second kappa shape index (κ2) is 11.6. The summed E-state index contributed by atoms with van der Waals surface area (Å²) >= 11 is 0. The topological polar surface area (TPSA) is 107 Å². The first-order chi connectivity index (χ1) is 14.3. The molecule has 7 nitrogen and oxygen atoms in total. The van der Waals surface area contributed by atoms with Gasteiger partial charge in [0.25, 0.3) is 10.1 Å². The number of carbonyl (C=O) groups is 2. The highest BCUT2D eigenvalue weighted by atomic mass is 32.2. The molecule has 1 unspecified atom stereocenters. The first-order valence-electron chi connectivity index (χ1n) is 9.85. The summed E-state index contributed by atoms with van der Waals surface area (Å²) in [4.78, 5) is 24.1. The number of halogens is 3. The predicted octanol–water partition coefficient (Wildman–Crippen LogP) is -0.615. The molecule has 1 N–H and O–H groups in total. The molecule has 1 aromatic carbocycles. The van der Waals surface area contributed by atoms with Gasteiger partial charge in [-0.25, -0.2) is 4.79 Å². The first-order valence-corrected chi connectivity index (χ1v) is 11.5. The van der Waals surface area contributed by atoms with Crippen LogP contribution in [-0.4, -0.2) is 73.1 Å². The zero-order valence-electron chi connectivity index (χ0n) is 17.6. The summed E-state index contributed by atoms with van der Waals surface area (Å²) in [5, 5.41) is 0. The summed E-state index contributed by atoms with van der Waals surface area (Å²) in [6, 6.07) is 3.78. The quantitative estimate of drug-likeness (QED) is 0.203. The van der Waals surface area contributed by atoms with Crippen molar-refractivity contribution in [3.05, 3.63) is 34.4 Å². The van der Waals surface area contributed by atoms with Crippen LogP contribution in [0, 0.1) is 0 Å². The molecule has 0 aliphatic heterocycles. The maximum absolute atomic E-state index is 12.8. The van der Waals surface area contributed by atoms with Crippen molar-refractivity contribution in [2.24, 2.45) is 0 Å². The van der Waals surface area contributed by atoms with Crippen LogP contribution in [0.2, 0.25) is 0 Å². The molecule has 0 aliphatic carbocycles. The molecule has 14 heteroatoms. The van der Waals surface area contributed by atoms with Gasteiger partial charge in [-0.3, -0.25) is 9.35 Å². The molecule has 0 bridgehead atoms. The molecular weight excluding hydrogens is 438 g/mol. The maximum atomic E-state index is 12.8. The van der Waals surface area contributed by atoms with Gasteiger partial charge in [-0.05, 0) is 18.1 Å². The van der Waals surface area contributed by atoms with Crippen LogP contribution in [0.4, 0.5) is 13.2 Å². The van der Waals surface area contributed by atoms with E-state index in [-0.39, 0.29) is 13.0 Å². The van der Waals surface area contributed by atoms with Crippen molar-refractivity contribution in [3.8, 4) is 0 Å². The number of hydrogen-bond acceptors (Lipinski definition) is 6. The molecule has 1 rings (SSSR count). The third-order valence-electron chi connectivity index (χ3n) is 4.52. The monoisotopic (exact) mass is 462 g/mol. The van der Waals surface area contributed by atoms with Gasteiger partial charge in [0, 0.05) is 6.42 Å². The van der Waals surface area contributed by atoms with Gasteiger partial charge in [-0.2, -0.15) is 21.6 Å². The minimum atomic E-state index is -5.16. The second-order valence-corrected chi connectivity index (χ2v) is 8.35. The lowest BCUT2D eigenvalue weighted by Crippen LogP contribution is -2.39. The van der Waals surface area contributed by atoms with Crippen LogP contribution in [-0.2, 0) is 43.3 Å². The summed E-state index contributed by atoms with van der Waals surface area (Å²) in [5.41, 5.74) is 3.30. The SMILES string of the molecule is BCc1cc(CB)c(CB)c(C(=O)OCCCC(=O)OC(CS(=O)(=O)O)C(F)(F)F)c1. The summed E-state index contributed by atoms with van der Waals surface area (Å²) in [6.45, 7) is -0.232. The average Bonchev–Trinajstić information content (AvgIpc) is 2.67. The average molecular weight is 462 g/mol. The fourth-order valence-corrected chi connectivity index (χ4v) is 3.62. The van der Waals surface area contributed by atoms with Gasteiger partial charge < -0.3 is 9.47 Å². The Labute approximate surface area is 182 Å². The van der Waals surface area contributed by atoms with Gasteiger partial charge in [0.05, 0.1) is 12.2 Å². The maximum Gasteiger partial charge on any atom is 0.426 e. The van der Waals surface area contributed by atoms with E-state index < -0.39 is 46.5 Å². The van der Waals surface area contributed by atoms with Gasteiger partial charge in [0.15, 0.2) is 0 Å². The molecule has 0 spiro atoms. The fraction of sp³-hybridized carbons (Fsp3) is 0.529. The van der Waals surface area contributed by atoms with Crippen LogP contribution in [0.1, 0.15) is 39.9 Å². The van der Waals surface area contributed by atoms with E-state index in [1.54, 1.807) is 6.07 Å². The molecule has 0 radical (unpaired) electrons. The van der Waals surface area contributed by atoms with Crippen molar-refractivity contribution in [2.75, 3.05) is 12.4 Å². The Balaban J connectivity index is 2.68. The highest BCUT2D eigenvalue weighted by Gasteiger charge is 2.45. The van der Waals surface area contributed by atoms with E-state index in [2.05, 4.69) is 4.74 Å². The van der Waals surface area contributed by atoms with Crippen molar-refractivity contribution >= 4 is 45.6 Å². The minimum Gasteiger partial charge on any atom is -0.462 e. The van der Waals surface area contributed by atoms with Crippen LogP contribution in [0.25, 0.3) is 0 Å². The van der Waals surface area contributed by atoms with E-state index >= 15 is 0 Å². The third kappa shape index (κ3) is 8.98. The molecule has 31 heavy (non-hydrogen) atoms. The molecule has 1 aromatic rings. The molecule has 170 valence electrons. The van der Waals surface area contributed by atoms with E-state index in [0.29, 0.717) is 11.9 Å². The van der Waals surface area contributed by atoms with Crippen LogP contribution in [0.5, 0.6) is 0 Å². The van der Waals surface area contributed by atoms with E-state index in [1.165, 1.54) is 0 Å². The lowest BCUT2D eigenvalue weighted by molar-refractivity contribution is -0.215. The van der Waals surface area contributed by atoms with Gasteiger partial charge in [0.1, 0.15) is 29.3 Å². The first kappa shape index (κ1) is 27.1. The van der Waals surface area contributed by atoms with Gasteiger partial charge in [-0.15, -0.1) is 0 Å². The van der Waals surface area contributed by atoms with Gasteiger partial charge >= 0.3 is 18.1 Å². The molecule has 0 saturated heterocycles. The molecule has 0 fully saturated rings. The number of ether oxygens (including phenoxy) is 2. The Morgan fingerprint density at radius 1 is 1.10 bits per heavy atom. The molecule has 0 aromatic heterocycles. The zero-order chi connectivity index (χ0) is 23.8. The Morgan fingerprint density at radius 2 is 1.74 bits per heavy atom. The van der Waals surface area contributed by atoms with Crippen molar-refractivity contribution in [3.63, 3.8) is 0 Å². The van der Waals surface area contributed by atoms with Crippen LogP contribution in [0.3, 0.4) is 0 Å². The molecule has 0 amide bonds. The molecule has 0 heterocycles. The number of carbonyl (C=O) groups excluding carboxylic acids is 2. The molecule has 1 atom stereocenters. The summed E-state index contributed by atoms with van der Waals surface area (Å²) in [7, 11) is 0.842. The standard InChI is InChI=1S/C17H24B3F3O7S/c18-6-10-4-11(7-19)13(8-20)12(5-10)16(25)29-3-1-2-15(24)30-14(17(21,22)23)9-31(26,27)28/h4-5,14H,1-3,6-9,18-20H2,(H,26,27,28). The third-order valence-corrected chi connectivity index (χ3v) is 5.25. The lowest BCUT2D eigenvalue weighted by Gasteiger charge is -2.19. The number of benzene rings is 1. The zero-order valence-corrected chi connectivity index (χ0v) is 18.4. The predicted molar refractivity (Wildman–Crippen MR) is 115 cm³/mol. The largest absolute Gasteiger partial charge is 0.462 e. The highest BCUT2D eigenvalue weighted by Crippen LogP contribution is 2.25.